The Morgan fingerprint density at radius 3 is 2.50 bits per heavy atom. The highest BCUT2D eigenvalue weighted by molar-refractivity contribution is 5.70. The van der Waals surface area contributed by atoms with E-state index < -0.39 is 11.6 Å². The van der Waals surface area contributed by atoms with E-state index in [0.717, 1.165) is 0 Å². The zero-order chi connectivity index (χ0) is 7.78. The van der Waals surface area contributed by atoms with Crippen molar-refractivity contribution in [3.05, 3.63) is 0 Å². The van der Waals surface area contributed by atoms with Gasteiger partial charge in [0.15, 0.2) is 0 Å². The molecule has 1 rings (SSSR count). The average molecular weight is 144 g/mol. The maximum Gasteiger partial charge on any atom is 0.306 e. The maximum atomic E-state index is 10.4. The molecule has 1 saturated carbocycles. The second-order valence-corrected chi connectivity index (χ2v) is 3.27. The third-order valence-electron chi connectivity index (χ3n) is 2.07. The molecule has 3 heteroatoms. The predicted molar refractivity (Wildman–Crippen MR) is 35.6 cm³/mol. The first-order valence-electron chi connectivity index (χ1n) is 3.46. The maximum absolute atomic E-state index is 10.4. The van der Waals surface area contributed by atoms with Crippen LogP contribution in [0.1, 0.15) is 26.2 Å². The van der Waals surface area contributed by atoms with Crippen molar-refractivity contribution in [2.75, 3.05) is 0 Å². The molecule has 58 valence electrons. The van der Waals surface area contributed by atoms with Crippen LogP contribution in [-0.4, -0.2) is 21.8 Å². The number of hydrogen-bond donors (Lipinski definition) is 2. The molecule has 0 aromatic carbocycles. The minimum absolute atomic E-state index is 0.324. The molecular weight excluding hydrogens is 132 g/mol. The number of aliphatic carboxylic acids is 1. The van der Waals surface area contributed by atoms with Crippen molar-refractivity contribution in [1.29, 1.82) is 0 Å². The van der Waals surface area contributed by atoms with Gasteiger partial charge in [-0.05, 0) is 26.2 Å². The number of carboxylic acids is 1. The first-order valence-corrected chi connectivity index (χ1v) is 3.46. The van der Waals surface area contributed by atoms with Crippen LogP contribution in [0.2, 0.25) is 0 Å². The molecule has 1 aliphatic carbocycles. The van der Waals surface area contributed by atoms with Gasteiger partial charge in [-0.3, -0.25) is 4.79 Å². The molecule has 2 atom stereocenters. The quantitative estimate of drug-likeness (QED) is 0.567. The molecule has 0 aromatic rings. The predicted octanol–water partition coefficient (Wildman–Crippen LogP) is 0.622. The molecule has 0 aliphatic heterocycles. The van der Waals surface area contributed by atoms with Gasteiger partial charge in [0.05, 0.1) is 11.5 Å². The number of hydrogen-bond acceptors (Lipinski definition) is 2. The molecule has 0 unspecified atom stereocenters. The Hall–Kier alpha value is -0.570. The number of rotatable bonds is 1. The molecular formula is C7H12O3. The zero-order valence-electron chi connectivity index (χ0n) is 6.00. The number of aliphatic hydroxyl groups is 1. The number of carboxylic acid groups (broad SMARTS) is 1. The third-order valence-corrected chi connectivity index (χ3v) is 2.07. The molecule has 0 spiro atoms. The van der Waals surface area contributed by atoms with Crippen LogP contribution in [-0.2, 0) is 4.79 Å². The first kappa shape index (κ1) is 7.54. The van der Waals surface area contributed by atoms with Crippen LogP contribution >= 0.6 is 0 Å². The van der Waals surface area contributed by atoms with Crippen molar-refractivity contribution in [1.82, 2.24) is 0 Å². The van der Waals surface area contributed by atoms with Crippen molar-refractivity contribution < 1.29 is 15.0 Å². The molecule has 0 bridgehead atoms. The molecule has 2 N–H and O–H groups in total. The van der Waals surface area contributed by atoms with Crippen LogP contribution in [0, 0.1) is 5.92 Å². The van der Waals surface area contributed by atoms with Gasteiger partial charge >= 0.3 is 5.97 Å². The third kappa shape index (κ3) is 1.48. The molecule has 0 radical (unpaired) electrons. The van der Waals surface area contributed by atoms with Crippen molar-refractivity contribution >= 4 is 5.97 Å². The largest absolute Gasteiger partial charge is 0.481 e. The Morgan fingerprint density at radius 1 is 1.70 bits per heavy atom. The Bertz CT molecular complexity index is 151. The van der Waals surface area contributed by atoms with Gasteiger partial charge in [-0.1, -0.05) is 0 Å². The van der Waals surface area contributed by atoms with Crippen LogP contribution in [0.3, 0.4) is 0 Å². The fraction of sp³-hybridized carbons (Fsp3) is 0.857. The Morgan fingerprint density at radius 2 is 2.30 bits per heavy atom. The van der Waals surface area contributed by atoms with Crippen molar-refractivity contribution in [2.45, 2.75) is 31.8 Å². The summed E-state index contributed by atoms with van der Waals surface area (Å²) in [5.41, 5.74) is -0.733. The monoisotopic (exact) mass is 144 g/mol. The fourth-order valence-electron chi connectivity index (χ4n) is 1.43. The van der Waals surface area contributed by atoms with E-state index in [1.54, 1.807) is 6.92 Å². The fourth-order valence-corrected chi connectivity index (χ4v) is 1.43. The SMILES string of the molecule is C[C@]1(O)CC[C@H](C(=O)O)C1. The summed E-state index contributed by atoms with van der Waals surface area (Å²) in [5, 5.41) is 17.9. The van der Waals surface area contributed by atoms with Crippen molar-refractivity contribution in [2.24, 2.45) is 5.92 Å². The second kappa shape index (κ2) is 2.23. The molecule has 0 saturated heterocycles. The van der Waals surface area contributed by atoms with E-state index in [4.69, 9.17) is 5.11 Å². The normalized spacial score (nSPS) is 40.0. The summed E-state index contributed by atoms with van der Waals surface area (Å²) in [5.74, 6) is -1.10. The highest BCUT2D eigenvalue weighted by Gasteiger charge is 2.36. The smallest absolute Gasteiger partial charge is 0.306 e. The lowest BCUT2D eigenvalue weighted by molar-refractivity contribution is -0.142. The molecule has 3 nitrogen and oxygen atoms in total. The second-order valence-electron chi connectivity index (χ2n) is 3.27. The van der Waals surface area contributed by atoms with Gasteiger partial charge in [0.2, 0.25) is 0 Å². The van der Waals surface area contributed by atoms with Crippen LogP contribution < -0.4 is 0 Å². The molecule has 0 aromatic heterocycles. The van der Waals surface area contributed by atoms with Crippen LogP contribution in [0.5, 0.6) is 0 Å². The molecule has 0 heterocycles. The minimum Gasteiger partial charge on any atom is -0.481 e. The van der Waals surface area contributed by atoms with E-state index in [2.05, 4.69) is 0 Å². The van der Waals surface area contributed by atoms with E-state index in [-0.39, 0.29) is 5.92 Å². The summed E-state index contributed by atoms with van der Waals surface area (Å²) in [4.78, 5) is 10.4. The van der Waals surface area contributed by atoms with Crippen molar-refractivity contribution in [3.8, 4) is 0 Å². The van der Waals surface area contributed by atoms with E-state index >= 15 is 0 Å². The van der Waals surface area contributed by atoms with Crippen LogP contribution in [0.15, 0.2) is 0 Å². The van der Waals surface area contributed by atoms with Gasteiger partial charge in [-0.2, -0.15) is 0 Å². The summed E-state index contributed by atoms with van der Waals surface area (Å²) in [6.07, 6.45) is 1.63. The highest BCUT2D eigenvalue weighted by Crippen LogP contribution is 2.33. The van der Waals surface area contributed by atoms with Crippen LogP contribution in [0.25, 0.3) is 0 Å². The zero-order valence-corrected chi connectivity index (χ0v) is 6.00. The molecule has 1 fully saturated rings. The van der Waals surface area contributed by atoms with E-state index in [1.807, 2.05) is 0 Å². The van der Waals surface area contributed by atoms with E-state index in [9.17, 15) is 9.90 Å². The van der Waals surface area contributed by atoms with Gasteiger partial charge in [0, 0.05) is 0 Å². The van der Waals surface area contributed by atoms with E-state index in [1.165, 1.54) is 0 Å². The lowest BCUT2D eigenvalue weighted by Gasteiger charge is -2.13. The summed E-state index contributed by atoms with van der Waals surface area (Å²) < 4.78 is 0. The Labute approximate surface area is 59.7 Å². The average Bonchev–Trinajstić information content (AvgIpc) is 2.10. The van der Waals surface area contributed by atoms with E-state index in [0.29, 0.717) is 19.3 Å². The first-order chi connectivity index (χ1) is 4.51. The molecule has 0 amide bonds. The van der Waals surface area contributed by atoms with Gasteiger partial charge in [0.25, 0.3) is 0 Å². The Balaban J connectivity index is 2.51. The minimum atomic E-state index is -0.780. The van der Waals surface area contributed by atoms with Crippen molar-refractivity contribution in [3.63, 3.8) is 0 Å². The summed E-state index contributed by atoms with van der Waals surface area (Å²) in [6.45, 7) is 1.69. The lowest BCUT2D eigenvalue weighted by atomic mass is 10.0. The highest BCUT2D eigenvalue weighted by atomic mass is 16.4. The number of carbonyl (C=O) groups is 1. The standard InChI is InChI=1S/C7H12O3/c1-7(10)3-2-5(4-7)6(8)9/h5,10H,2-4H2,1H3,(H,8,9)/t5-,7-/m0/s1. The van der Waals surface area contributed by atoms with Crippen LogP contribution in [0.4, 0.5) is 0 Å². The summed E-state index contributed by atoms with van der Waals surface area (Å²) in [7, 11) is 0. The Kier molecular flexibility index (Phi) is 1.68. The van der Waals surface area contributed by atoms with Gasteiger partial charge in [0.1, 0.15) is 0 Å². The summed E-state index contributed by atoms with van der Waals surface area (Å²) >= 11 is 0. The van der Waals surface area contributed by atoms with Gasteiger partial charge < -0.3 is 10.2 Å². The van der Waals surface area contributed by atoms with Gasteiger partial charge in [-0.15, -0.1) is 0 Å². The van der Waals surface area contributed by atoms with Gasteiger partial charge in [-0.25, -0.2) is 0 Å². The molecule has 10 heavy (non-hydrogen) atoms. The molecule has 1 aliphatic rings. The lowest BCUT2D eigenvalue weighted by Crippen LogP contribution is -2.20. The topological polar surface area (TPSA) is 57.5 Å². The summed E-state index contributed by atoms with van der Waals surface area (Å²) in [6, 6.07) is 0.